The molecule has 0 saturated heterocycles. The van der Waals surface area contributed by atoms with Crippen molar-refractivity contribution in [1.82, 2.24) is 0 Å². The van der Waals surface area contributed by atoms with E-state index in [0.29, 0.717) is 5.56 Å². The van der Waals surface area contributed by atoms with E-state index in [1.807, 2.05) is 5.32 Å². The number of para-hydroxylation sites is 1. The predicted octanol–water partition coefficient (Wildman–Crippen LogP) is 4.89. The molecule has 2 nitrogen and oxygen atoms in total. The van der Waals surface area contributed by atoms with Crippen molar-refractivity contribution in [3.8, 4) is 0 Å². The summed E-state index contributed by atoms with van der Waals surface area (Å²) in [6.45, 7) is 1.52. The fraction of sp³-hybridized carbons (Fsp3) is 0.308. The minimum atomic E-state index is -6.23. The van der Waals surface area contributed by atoms with Crippen LogP contribution in [0, 0.1) is 6.92 Å². The molecule has 0 heterocycles. The Balaban J connectivity index is 3.03. The first-order valence-corrected chi connectivity index (χ1v) is 6.25. The van der Waals surface area contributed by atoms with Gasteiger partial charge >= 0.3 is 17.2 Å². The van der Waals surface area contributed by atoms with E-state index in [-0.39, 0.29) is 5.69 Å². The lowest BCUT2D eigenvalue weighted by Gasteiger charge is -2.27. The third-order valence-corrected chi connectivity index (χ3v) is 2.95. The van der Waals surface area contributed by atoms with Gasteiger partial charge in [0.15, 0.2) is 5.83 Å². The standard InChI is InChI=1S/C13H9ClF7NO/c1-7-4-2-3-5-8(7)22-10(23)6-9(15)11(16,17)12(18,19)13(14,20)21/h2-6H,1H3,(H,22,23)/b9-6+. The number of aryl methyl sites for hydroxylation is 1. The number of hydrogen-bond acceptors (Lipinski definition) is 1. The Bertz CT molecular complexity index is 625. The second-order valence-corrected chi connectivity index (χ2v) is 4.92. The van der Waals surface area contributed by atoms with Crippen LogP contribution in [0.4, 0.5) is 36.4 Å². The van der Waals surface area contributed by atoms with E-state index in [1.165, 1.54) is 25.1 Å². The van der Waals surface area contributed by atoms with Gasteiger partial charge in [-0.05, 0) is 30.2 Å². The van der Waals surface area contributed by atoms with Crippen molar-refractivity contribution >= 4 is 23.2 Å². The maximum absolute atomic E-state index is 13.2. The molecule has 0 aliphatic heterocycles. The molecule has 0 aliphatic rings. The van der Waals surface area contributed by atoms with E-state index in [0.717, 1.165) is 0 Å². The summed E-state index contributed by atoms with van der Waals surface area (Å²) in [5.74, 6) is -16.8. The maximum Gasteiger partial charge on any atom is 0.393 e. The Morgan fingerprint density at radius 2 is 1.65 bits per heavy atom. The predicted molar refractivity (Wildman–Crippen MR) is 69.7 cm³/mol. The highest BCUT2D eigenvalue weighted by molar-refractivity contribution is 6.22. The fourth-order valence-corrected chi connectivity index (χ4v) is 1.53. The van der Waals surface area contributed by atoms with Crippen LogP contribution in [-0.2, 0) is 4.79 Å². The van der Waals surface area contributed by atoms with E-state index in [4.69, 9.17) is 0 Å². The van der Waals surface area contributed by atoms with E-state index < -0.39 is 35.0 Å². The van der Waals surface area contributed by atoms with Crippen LogP contribution in [0.15, 0.2) is 36.2 Å². The van der Waals surface area contributed by atoms with E-state index in [1.54, 1.807) is 6.07 Å². The molecule has 10 heteroatoms. The van der Waals surface area contributed by atoms with Gasteiger partial charge in [0.2, 0.25) is 0 Å². The molecule has 0 unspecified atom stereocenters. The van der Waals surface area contributed by atoms with Gasteiger partial charge < -0.3 is 5.32 Å². The van der Waals surface area contributed by atoms with Gasteiger partial charge in [0.1, 0.15) is 0 Å². The summed E-state index contributed by atoms with van der Waals surface area (Å²) in [5.41, 5.74) is 0.568. The average molecular weight is 364 g/mol. The monoisotopic (exact) mass is 363 g/mol. The van der Waals surface area contributed by atoms with Gasteiger partial charge in [-0.25, -0.2) is 4.39 Å². The van der Waals surface area contributed by atoms with Crippen LogP contribution >= 0.6 is 11.6 Å². The molecule has 1 N–H and O–H groups in total. The lowest BCUT2D eigenvalue weighted by molar-refractivity contribution is -0.269. The second-order valence-electron chi connectivity index (χ2n) is 4.44. The highest BCUT2D eigenvalue weighted by Crippen LogP contribution is 2.51. The van der Waals surface area contributed by atoms with Gasteiger partial charge in [0.25, 0.3) is 5.91 Å². The third-order valence-electron chi connectivity index (χ3n) is 2.71. The Labute approximate surface area is 130 Å². The van der Waals surface area contributed by atoms with Gasteiger partial charge in [-0.2, -0.15) is 26.3 Å². The molecule has 0 bridgehead atoms. The number of rotatable bonds is 5. The van der Waals surface area contributed by atoms with Crippen LogP contribution in [-0.4, -0.2) is 23.1 Å². The first kappa shape index (κ1) is 19.3. The van der Waals surface area contributed by atoms with Gasteiger partial charge in [-0.1, -0.05) is 18.2 Å². The lowest BCUT2D eigenvalue weighted by atomic mass is 10.1. The van der Waals surface area contributed by atoms with Crippen molar-refractivity contribution in [2.75, 3.05) is 5.32 Å². The van der Waals surface area contributed by atoms with Crippen molar-refractivity contribution in [1.29, 1.82) is 0 Å². The zero-order valence-corrected chi connectivity index (χ0v) is 12.1. The zero-order valence-electron chi connectivity index (χ0n) is 11.3. The topological polar surface area (TPSA) is 29.1 Å². The first-order chi connectivity index (χ1) is 10.3. The van der Waals surface area contributed by atoms with Crippen LogP contribution in [0.1, 0.15) is 5.56 Å². The number of allylic oxidation sites excluding steroid dienone is 1. The smallest absolute Gasteiger partial charge is 0.322 e. The summed E-state index contributed by atoms with van der Waals surface area (Å²) in [6, 6.07) is 5.89. The van der Waals surface area contributed by atoms with Crippen LogP contribution in [0.2, 0.25) is 0 Å². The number of carbonyl (C=O) groups excluding carboxylic acids is 1. The summed E-state index contributed by atoms with van der Waals surface area (Å²) in [5, 5.41) is -3.76. The molecular weight excluding hydrogens is 355 g/mol. The van der Waals surface area contributed by atoms with Gasteiger partial charge in [-0.15, -0.1) is 0 Å². The summed E-state index contributed by atoms with van der Waals surface area (Å²) in [4.78, 5) is 11.4. The zero-order chi connectivity index (χ0) is 18.1. The number of anilines is 1. The normalized spacial score (nSPS) is 13.9. The summed E-state index contributed by atoms with van der Waals surface area (Å²) >= 11 is 3.88. The van der Waals surface area contributed by atoms with E-state index >= 15 is 0 Å². The average Bonchev–Trinajstić information content (AvgIpc) is 2.39. The Morgan fingerprint density at radius 3 is 2.13 bits per heavy atom. The molecule has 0 spiro atoms. The number of hydrogen-bond donors (Lipinski definition) is 1. The Kier molecular flexibility index (Phi) is 5.35. The lowest BCUT2D eigenvalue weighted by Crippen LogP contribution is -2.51. The number of halogens is 8. The molecule has 0 atom stereocenters. The molecule has 23 heavy (non-hydrogen) atoms. The second kappa shape index (κ2) is 6.38. The molecule has 1 aromatic rings. The largest absolute Gasteiger partial charge is 0.393 e. The number of amides is 1. The number of benzene rings is 1. The van der Waals surface area contributed by atoms with Crippen LogP contribution in [0.5, 0.6) is 0 Å². The van der Waals surface area contributed by atoms with Crippen molar-refractivity contribution in [2.24, 2.45) is 0 Å². The quantitative estimate of drug-likeness (QED) is 0.450. The van der Waals surface area contributed by atoms with Crippen LogP contribution in [0.3, 0.4) is 0 Å². The van der Waals surface area contributed by atoms with Crippen LogP contribution < -0.4 is 5.32 Å². The molecule has 128 valence electrons. The number of nitrogens with one attached hydrogen (secondary N) is 1. The summed E-state index contributed by atoms with van der Waals surface area (Å²) < 4.78 is 89.9. The molecule has 1 rings (SSSR count). The molecule has 1 aromatic carbocycles. The fourth-order valence-electron chi connectivity index (χ4n) is 1.42. The highest BCUT2D eigenvalue weighted by atomic mass is 35.5. The summed E-state index contributed by atoms with van der Waals surface area (Å²) in [7, 11) is 0. The molecule has 0 aromatic heterocycles. The third kappa shape index (κ3) is 3.95. The maximum atomic E-state index is 13.2. The van der Waals surface area contributed by atoms with Crippen molar-refractivity contribution < 1.29 is 35.5 Å². The Morgan fingerprint density at radius 1 is 1.13 bits per heavy atom. The van der Waals surface area contributed by atoms with Crippen molar-refractivity contribution in [2.45, 2.75) is 24.2 Å². The molecule has 0 radical (unpaired) electrons. The molecular formula is C13H9ClF7NO. The molecule has 0 saturated carbocycles. The SMILES string of the molecule is Cc1ccccc1NC(=O)/C=C(/F)C(F)(F)C(F)(F)C(F)(F)Cl. The molecule has 1 amide bonds. The van der Waals surface area contributed by atoms with Gasteiger partial charge in [-0.3, -0.25) is 4.79 Å². The first-order valence-electron chi connectivity index (χ1n) is 5.87. The van der Waals surface area contributed by atoms with Gasteiger partial charge in [0, 0.05) is 11.8 Å². The van der Waals surface area contributed by atoms with Gasteiger partial charge in [0.05, 0.1) is 0 Å². The molecule has 0 fully saturated rings. The van der Waals surface area contributed by atoms with Crippen LogP contribution in [0.25, 0.3) is 0 Å². The highest BCUT2D eigenvalue weighted by Gasteiger charge is 2.73. The summed E-state index contributed by atoms with van der Waals surface area (Å²) in [6.07, 6.45) is -0.539. The van der Waals surface area contributed by atoms with E-state index in [9.17, 15) is 35.5 Å². The minimum absolute atomic E-state index is 0.0966. The van der Waals surface area contributed by atoms with Crippen molar-refractivity contribution in [3.05, 3.63) is 41.7 Å². The van der Waals surface area contributed by atoms with E-state index in [2.05, 4.69) is 11.6 Å². The van der Waals surface area contributed by atoms with Crippen molar-refractivity contribution in [3.63, 3.8) is 0 Å². The Hall–Kier alpha value is -1.77. The molecule has 0 aliphatic carbocycles. The number of alkyl halides is 7. The minimum Gasteiger partial charge on any atom is -0.322 e. The number of carbonyl (C=O) groups is 1.